The monoisotopic (exact) mass is 461 g/mol. The predicted octanol–water partition coefficient (Wildman–Crippen LogP) is 3.17. The van der Waals surface area contributed by atoms with Crippen LogP contribution >= 0.6 is 0 Å². The van der Waals surface area contributed by atoms with Crippen molar-refractivity contribution >= 4 is 21.6 Å². The van der Waals surface area contributed by atoms with Crippen molar-refractivity contribution in [2.45, 2.75) is 37.1 Å². The molecule has 8 nitrogen and oxygen atoms in total. The molecular formula is C23H31N3O5S. The van der Waals surface area contributed by atoms with Crippen molar-refractivity contribution in [3.05, 3.63) is 48.0 Å². The normalized spacial score (nSPS) is 15.7. The molecular weight excluding hydrogens is 430 g/mol. The van der Waals surface area contributed by atoms with E-state index in [0.29, 0.717) is 5.69 Å². The third-order valence-corrected chi connectivity index (χ3v) is 7.01. The molecule has 0 spiro atoms. The first-order chi connectivity index (χ1) is 15.3. The van der Waals surface area contributed by atoms with Crippen molar-refractivity contribution in [2.24, 2.45) is 0 Å². The molecule has 2 N–H and O–H groups in total. The Morgan fingerprint density at radius 2 is 1.72 bits per heavy atom. The maximum Gasteiger partial charge on any atom is 0.240 e. The van der Waals surface area contributed by atoms with Crippen molar-refractivity contribution < 1.29 is 22.7 Å². The van der Waals surface area contributed by atoms with Gasteiger partial charge in [0.1, 0.15) is 11.5 Å². The Balaban J connectivity index is 1.81. The summed E-state index contributed by atoms with van der Waals surface area (Å²) in [6.45, 7) is 3.48. The van der Waals surface area contributed by atoms with Gasteiger partial charge in [0.2, 0.25) is 15.9 Å². The van der Waals surface area contributed by atoms with Gasteiger partial charge in [0.05, 0.1) is 24.8 Å². The highest BCUT2D eigenvalue weighted by atomic mass is 32.2. The van der Waals surface area contributed by atoms with E-state index in [2.05, 4.69) is 14.9 Å². The highest BCUT2D eigenvalue weighted by Crippen LogP contribution is 2.29. The minimum Gasteiger partial charge on any atom is -0.497 e. The maximum atomic E-state index is 13.1. The highest BCUT2D eigenvalue weighted by molar-refractivity contribution is 7.89. The first-order valence-electron chi connectivity index (χ1n) is 10.7. The van der Waals surface area contributed by atoms with Gasteiger partial charge in [-0.2, -0.15) is 0 Å². The fourth-order valence-corrected chi connectivity index (χ4v) is 4.97. The standard InChI is InChI=1S/C23H31N3O5S/c1-17(27)25-21-12-11-20(15-23(21)31-3)32(28,29)24-16-22(26-13-5-4-6-14-26)18-7-9-19(30-2)10-8-18/h7-12,15,22,24H,4-6,13-14,16H2,1-3H3,(H,25,27)/t22-/m0/s1. The Bertz CT molecular complexity index is 1020. The third kappa shape index (κ3) is 5.99. The van der Waals surface area contributed by atoms with E-state index in [-0.39, 0.29) is 29.1 Å². The fraction of sp³-hybridized carbons (Fsp3) is 0.435. The van der Waals surface area contributed by atoms with Gasteiger partial charge >= 0.3 is 0 Å². The molecule has 1 fully saturated rings. The fourth-order valence-electron chi connectivity index (χ4n) is 3.92. The van der Waals surface area contributed by atoms with Gasteiger partial charge in [-0.25, -0.2) is 13.1 Å². The zero-order valence-electron chi connectivity index (χ0n) is 18.8. The van der Waals surface area contributed by atoms with Gasteiger partial charge in [0, 0.05) is 25.6 Å². The lowest BCUT2D eigenvalue weighted by molar-refractivity contribution is -0.114. The molecule has 1 saturated heterocycles. The number of hydrogen-bond donors (Lipinski definition) is 2. The van der Waals surface area contributed by atoms with Crippen LogP contribution in [-0.4, -0.2) is 53.1 Å². The molecule has 0 aromatic heterocycles. The number of sulfonamides is 1. The second-order valence-electron chi connectivity index (χ2n) is 7.78. The molecule has 0 bridgehead atoms. The zero-order chi connectivity index (χ0) is 23.1. The Hall–Kier alpha value is -2.62. The summed E-state index contributed by atoms with van der Waals surface area (Å²) in [6.07, 6.45) is 3.39. The second kappa shape index (κ2) is 10.8. The first kappa shape index (κ1) is 24.0. The van der Waals surface area contributed by atoms with Crippen LogP contribution in [0.25, 0.3) is 0 Å². The van der Waals surface area contributed by atoms with E-state index in [1.807, 2.05) is 24.3 Å². The summed E-state index contributed by atoms with van der Waals surface area (Å²) in [5, 5.41) is 2.63. The summed E-state index contributed by atoms with van der Waals surface area (Å²) in [4.78, 5) is 13.8. The van der Waals surface area contributed by atoms with Gasteiger partial charge in [-0.3, -0.25) is 9.69 Å². The number of carbonyl (C=O) groups excluding carboxylic acids is 1. The summed E-state index contributed by atoms with van der Waals surface area (Å²) in [5.41, 5.74) is 1.46. The van der Waals surface area contributed by atoms with E-state index >= 15 is 0 Å². The third-order valence-electron chi connectivity index (χ3n) is 5.59. The van der Waals surface area contributed by atoms with Crippen molar-refractivity contribution in [2.75, 3.05) is 39.2 Å². The van der Waals surface area contributed by atoms with Crippen LogP contribution in [-0.2, 0) is 14.8 Å². The molecule has 2 aromatic rings. The van der Waals surface area contributed by atoms with E-state index in [9.17, 15) is 13.2 Å². The van der Waals surface area contributed by atoms with E-state index in [1.165, 1.54) is 38.7 Å². The molecule has 0 saturated carbocycles. The smallest absolute Gasteiger partial charge is 0.240 e. The van der Waals surface area contributed by atoms with E-state index in [4.69, 9.17) is 9.47 Å². The van der Waals surface area contributed by atoms with Gasteiger partial charge in [-0.15, -0.1) is 0 Å². The number of nitrogens with zero attached hydrogens (tertiary/aromatic N) is 1. The average Bonchev–Trinajstić information content (AvgIpc) is 2.80. The summed E-state index contributed by atoms with van der Waals surface area (Å²) >= 11 is 0. The van der Waals surface area contributed by atoms with Crippen molar-refractivity contribution in [3.63, 3.8) is 0 Å². The first-order valence-corrected chi connectivity index (χ1v) is 12.2. The topological polar surface area (TPSA) is 97.0 Å². The molecule has 174 valence electrons. The Labute approximate surface area is 190 Å². The number of nitrogens with one attached hydrogen (secondary N) is 2. The minimum absolute atomic E-state index is 0.0792. The lowest BCUT2D eigenvalue weighted by atomic mass is 10.0. The Kier molecular flexibility index (Phi) is 8.11. The molecule has 1 heterocycles. The molecule has 2 aromatic carbocycles. The number of anilines is 1. The van der Waals surface area contributed by atoms with Gasteiger partial charge in [-0.1, -0.05) is 18.6 Å². The number of ether oxygens (including phenoxy) is 2. The summed E-state index contributed by atoms with van der Waals surface area (Å²) in [5.74, 6) is 0.782. The van der Waals surface area contributed by atoms with Gasteiger partial charge < -0.3 is 14.8 Å². The summed E-state index contributed by atoms with van der Waals surface area (Å²) in [7, 11) is -0.734. The van der Waals surface area contributed by atoms with Crippen LogP contribution in [0.5, 0.6) is 11.5 Å². The minimum atomic E-state index is -3.79. The average molecular weight is 462 g/mol. The number of methoxy groups -OCH3 is 2. The van der Waals surface area contributed by atoms with Crippen LogP contribution in [0.4, 0.5) is 5.69 Å². The molecule has 3 rings (SSSR count). The number of carbonyl (C=O) groups is 1. The SMILES string of the molecule is COc1ccc([C@H](CNS(=O)(=O)c2ccc(NC(C)=O)c(OC)c2)N2CCCCC2)cc1. The van der Waals surface area contributed by atoms with Crippen LogP contribution in [0.1, 0.15) is 37.8 Å². The van der Waals surface area contributed by atoms with Crippen molar-refractivity contribution in [1.82, 2.24) is 9.62 Å². The van der Waals surface area contributed by atoms with Gasteiger partial charge in [0.25, 0.3) is 0 Å². The molecule has 32 heavy (non-hydrogen) atoms. The van der Waals surface area contributed by atoms with E-state index < -0.39 is 10.0 Å². The number of amides is 1. The molecule has 1 aliphatic heterocycles. The second-order valence-corrected chi connectivity index (χ2v) is 9.55. The van der Waals surface area contributed by atoms with Gasteiger partial charge in [0.15, 0.2) is 0 Å². The molecule has 0 unspecified atom stereocenters. The predicted molar refractivity (Wildman–Crippen MR) is 124 cm³/mol. The zero-order valence-corrected chi connectivity index (χ0v) is 19.6. The van der Waals surface area contributed by atoms with Crippen molar-refractivity contribution in [3.8, 4) is 11.5 Å². The molecule has 1 aliphatic rings. The number of piperidine rings is 1. The molecule has 1 amide bonds. The lowest BCUT2D eigenvalue weighted by Gasteiger charge is -2.35. The summed E-state index contributed by atoms with van der Waals surface area (Å²) in [6, 6.07) is 12.1. The maximum absolute atomic E-state index is 13.1. The van der Waals surface area contributed by atoms with Crippen LogP contribution < -0.4 is 19.5 Å². The number of rotatable bonds is 9. The number of likely N-dealkylation sites (tertiary alicyclic amines) is 1. The Morgan fingerprint density at radius 1 is 1.03 bits per heavy atom. The lowest BCUT2D eigenvalue weighted by Crippen LogP contribution is -2.40. The van der Waals surface area contributed by atoms with Crippen LogP contribution in [0.2, 0.25) is 0 Å². The number of benzene rings is 2. The molecule has 1 atom stereocenters. The largest absolute Gasteiger partial charge is 0.497 e. The molecule has 0 radical (unpaired) electrons. The molecule has 0 aliphatic carbocycles. The van der Waals surface area contributed by atoms with Crippen molar-refractivity contribution in [1.29, 1.82) is 0 Å². The molecule has 9 heteroatoms. The number of hydrogen-bond acceptors (Lipinski definition) is 6. The quantitative estimate of drug-likeness (QED) is 0.595. The Morgan fingerprint density at radius 3 is 2.31 bits per heavy atom. The van der Waals surface area contributed by atoms with E-state index in [0.717, 1.165) is 37.2 Å². The van der Waals surface area contributed by atoms with Crippen LogP contribution in [0.3, 0.4) is 0 Å². The van der Waals surface area contributed by atoms with E-state index in [1.54, 1.807) is 7.11 Å². The summed E-state index contributed by atoms with van der Waals surface area (Å²) < 4.78 is 39.4. The van der Waals surface area contributed by atoms with Crippen LogP contribution in [0.15, 0.2) is 47.4 Å². The van der Waals surface area contributed by atoms with Gasteiger partial charge in [-0.05, 0) is 55.8 Å². The van der Waals surface area contributed by atoms with Crippen LogP contribution in [0, 0.1) is 0 Å². The highest BCUT2D eigenvalue weighted by Gasteiger charge is 2.25.